The first-order chi connectivity index (χ1) is 14.9. The molecule has 2 aliphatic carbocycles. The van der Waals surface area contributed by atoms with Gasteiger partial charge in [-0.15, -0.1) is 0 Å². The lowest BCUT2D eigenvalue weighted by Crippen LogP contribution is -2.31. The average molecular weight is 463 g/mol. The maximum atomic E-state index is 13.6. The van der Waals surface area contributed by atoms with E-state index in [1.807, 2.05) is 25.1 Å². The summed E-state index contributed by atoms with van der Waals surface area (Å²) in [6.45, 7) is 1.94. The summed E-state index contributed by atoms with van der Waals surface area (Å²) < 4.78 is 28.8. The molecule has 2 fully saturated rings. The summed E-state index contributed by atoms with van der Waals surface area (Å²) >= 11 is 0. The van der Waals surface area contributed by atoms with Gasteiger partial charge >= 0.3 is 0 Å². The fraction of sp³-hybridized carbons (Fsp3) is 0.409. The summed E-state index contributed by atoms with van der Waals surface area (Å²) in [5, 5.41) is 3.64. The lowest BCUT2D eigenvalue weighted by molar-refractivity contribution is 0.148. The van der Waals surface area contributed by atoms with E-state index in [1.54, 1.807) is 0 Å². The van der Waals surface area contributed by atoms with Crippen LogP contribution in [0.4, 0.5) is 20.4 Å². The fourth-order valence-electron chi connectivity index (χ4n) is 4.86. The van der Waals surface area contributed by atoms with E-state index in [2.05, 4.69) is 15.3 Å². The van der Waals surface area contributed by atoms with Crippen LogP contribution in [-0.4, -0.2) is 14.5 Å². The molecular weight excluding hydrogens is 442 g/mol. The Morgan fingerprint density at radius 1 is 1.29 bits per heavy atom. The van der Waals surface area contributed by atoms with Gasteiger partial charge in [-0.2, -0.15) is 4.98 Å². The second kappa shape index (κ2) is 7.74. The first-order valence-electron chi connectivity index (χ1n) is 10.3. The highest BCUT2D eigenvalue weighted by Gasteiger charge is 2.53. The van der Waals surface area contributed by atoms with Crippen molar-refractivity contribution in [3.05, 3.63) is 51.9 Å². The highest BCUT2D eigenvalue weighted by Crippen LogP contribution is 2.63. The molecule has 2 saturated carbocycles. The molecule has 0 bridgehead atoms. The molecule has 1 unspecified atom stereocenters. The number of hydrogen-bond acceptors (Lipinski definition) is 5. The van der Waals surface area contributed by atoms with E-state index in [9.17, 15) is 13.6 Å². The molecule has 3 aromatic rings. The van der Waals surface area contributed by atoms with Gasteiger partial charge in [-0.25, -0.2) is 13.8 Å². The number of aryl methyl sites for hydroxylation is 1. The van der Waals surface area contributed by atoms with E-state index in [0.29, 0.717) is 17.0 Å². The number of rotatable bonds is 5. The van der Waals surface area contributed by atoms with Crippen LogP contribution in [0.1, 0.15) is 55.7 Å². The number of anilines is 2. The van der Waals surface area contributed by atoms with Gasteiger partial charge in [0.05, 0.1) is 5.56 Å². The number of fused-ring (bicyclic) bond motifs is 1. The minimum Gasteiger partial charge on any atom is -0.324 e. The molecule has 1 spiro atoms. The quantitative estimate of drug-likeness (QED) is 0.467. The highest BCUT2D eigenvalue weighted by atomic mass is 35.7. The summed E-state index contributed by atoms with van der Waals surface area (Å²) in [5.74, 6) is 0.322. The van der Waals surface area contributed by atoms with E-state index in [-0.39, 0.29) is 11.5 Å². The topological polar surface area (TPSA) is 59.8 Å². The summed E-state index contributed by atoms with van der Waals surface area (Å²) in [6.07, 6.45) is 3.58. The number of alkyl halides is 2. The van der Waals surface area contributed by atoms with Crippen molar-refractivity contribution in [1.29, 1.82) is 0 Å². The Kier molecular flexibility index (Phi) is 5.17. The molecule has 9 heteroatoms. The molecule has 162 valence electrons. The third kappa shape index (κ3) is 3.59. The summed E-state index contributed by atoms with van der Waals surface area (Å²) in [6, 6.07) is 6.85. The zero-order valence-electron chi connectivity index (χ0n) is 16.9. The third-order valence-electron chi connectivity index (χ3n) is 6.63. The number of hydrogen-bond donors (Lipinski definition) is 1. The Morgan fingerprint density at radius 3 is 2.77 bits per heavy atom. The molecule has 2 aromatic heterocycles. The first-order valence-corrected chi connectivity index (χ1v) is 11.9. The average Bonchev–Trinajstić information content (AvgIpc) is 3.41. The summed E-state index contributed by atoms with van der Waals surface area (Å²) in [7, 11) is 6.96. The van der Waals surface area contributed by atoms with Crippen LogP contribution in [0.15, 0.2) is 40.2 Å². The molecule has 0 saturated heterocycles. The molecule has 2 heterocycles. The number of aromatic nitrogens is 3. The second-order valence-electron chi connectivity index (χ2n) is 8.50. The number of nitrogens with one attached hydrogen (secondary N) is 1. The number of benzene rings is 1. The Labute approximate surface area is 186 Å². The van der Waals surface area contributed by atoms with Gasteiger partial charge in [0.15, 0.2) is 0 Å². The maximum absolute atomic E-state index is 13.6. The second-order valence-corrected chi connectivity index (χ2v) is 9.59. The van der Waals surface area contributed by atoms with Gasteiger partial charge in [-0.3, -0.25) is 9.36 Å². The van der Waals surface area contributed by atoms with Crippen LogP contribution in [0.5, 0.6) is 0 Å². The first kappa shape index (κ1) is 20.7. The van der Waals surface area contributed by atoms with Gasteiger partial charge in [0.2, 0.25) is 5.95 Å². The zero-order chi connectivity index (χ0) is 21.8. The van der Waals surface area contributed by atoms with Crippen LogP contribution in [0.3, 0.4) is 0 Å². The Bertz CT molecular complexity index is 1230. The molecule has 1 atom stereocenters. The Morgan fingerprint density at radius 2 is 2.10 bits per heavy atom. The van der Waals surface area contributed by atoms with Crippen molar-refractivity contribution in [1.82, 2.24) is 14.5 Å². The Balaban J connectivity index is 1.63. The molecule has 31 heavy (non-hydrogen) atoms. The van der Waals surface area contributed by atoms with Gasteiger partial charge in [-0.1, -0.05) is 6.42 Å². The predicted octanol–water partition coefficient (Wildman–Crippen LogP) is 6.53. The van der Waals surface area contributed by atoms with Crippen LogP contribution in [-0.2, 0) is 0 Å². The summed E-state index contributed by atoms with van der Waals surface area (Å²) in [5.41, 5.74) is 1.13. The normalized spacial score (nSPS) is 19.5. The molecule has 0 radical (unpaired) electrons. The van der Waals surface area contributed by atoms with Crippen molar-refractivity contribution in [3.8, 4) is 0 Å². The lowest BCUT2D eigenvalue weighted by Gasteiger charge is -2.24. The van der Waals surface area contributed by atoms with Crippen molar-refractivity contribution in [2.75, 3.05) is 5.32 Å². The van der Waals surface area contributed by atoms with Crippen molar-refractivity contribution in [2.24, 2.45) is 5.41 Å². The van der Waals surface area contributed by atoms with Crippen LogP contribution in [0.2, 0.25) is 0 Å². The number of nitrogens with zero attached hydrogens (tertiary/aromatic N) is 3. The van der Waals surface area contributed by atoms with Crippen molar-refractivity contribution >= 4 is 44.3 Å². The molecule has 2 aliphatic rings. The summed E-state index contributed by atoms with van der Waals surface area (Å²) in [4.78, 5) is 23.0. The van der Waals surface area contributed by atoms with E-state index < -0.39 is 17.5 Å². The lowest BCUT2D eigenvalue weighted by atomic mass is 9.99. The smallest absolute Gasteiger partial charge is 0.269 e. The van der Waals surface area contributed by atoms with Crippen molar-refractivity contribution < 1.29 is 8.78 Å². The molecule has 5 rings (SSSR count). The third-order valence-corrected chi connectivity index (χ3v) is 7.60. The fourth-order valence-corrected chi connectivity index (χ4v) is 5.49. The number of pyridine rings is 1. The molecule has 5 nitrogen and oxygen atoms in total. The van der Waals surface area contributed by atoms with Gasteiger partial charge in [0, 0.05) is 28.2 Å². The minimum absolute atomic E-state index is 0.0572. The van der Waals surface area contributed by atoms with Gasteiger partial charge in [-0.05, 0) is 89.5 Å². The van der Waals surface area contributed by atoms with E-state index in [1.165, 1.54) is 16.8 Å². The van der Waals surface area contributed by atoms with Gasteiger partial charge in [0.1, 0.15) is 5.65 Å². The van der Waals surface area contributed by atoms with Crippen molar-refractivity contribution in [2.45, 2.75) is 56.4 Å². The largest absolute Gasteiger partial charge is 0.324 e. The van der Waals surface area contributed by atoms with E-state index >= 15 is 0 Å². The minimum atomic E-state index is -2.83. The van der Waals surface area contributed by atoms with Crippen LogP contribution >= 0.6 is 21.7 Å². The predicted molar refractivity (Wildman–Crippen MR) is 119 cm³/mol. The molecule has 1 N–H and O–H groups in total. The van der Waals surface area contributed by atoms with E-state index in [4.69, 9.17) is 10.7 Å². The molecule has 0 aliphatic heterocycles. The number of halogens is 3. The van der Waals surface area contributed by atoms with Crippen LogP contribution < -0.4 is 10.9 Å². The van der Waals surface area contributed by atoms with Gasteiger partial charge in [0.25, 0.3) is 12.0 Å². The molecule has 0 amide bonds. The maximum Gasteiger partial charge on any atom is 0.269 e. The van der Waals surface area contributed by atoms with Gasteiger partial charge < -0.3 is 5.32 Å². The molecular formula is C22H21ClF2N4OS. The van der Waals surface area contributed by atoms with Crippen molar-refractivity contribution in [3.63, 3.8) is 0 Å². The highest BCUT2D eigenvalue weighted by molar-refractivity contribution is 8.21. The standard InChI is InChI=1S/C22H21ClF2N4OS/c1-12-9-14(31-23)4-5-16(12)27-21-26-11-13-10-15(18(24)25)20(30)29(19(13)28-21)17-3-2-6-22(17)7-8-22/h4-5,9-11,17-18H,2-3,6-8H2,1H3,(H,26,27,28). The van der Waals surface area contributed by atoms with E-state index in [0.717, 1.165) is 59.2 Å². The van der Waals surface area contributed by atoms with Crippen LogP contribution in [0.25, 0.3) is 11.0 Å². The van der Waals surface area contributed by atoms with Crippen LogP contribution in [0, 0.1) is 12.3 Å². The molecule has 1 aromatic carbocycles. The monoisotopic (exact) mass is 462 g/mol. The zero-order valence-corrected chi connectivity index (χ0v) is 18.4. The Hall–Kier alpha value is -2.19. The SMILES string of the molecule is Cc1cc(SCl)ccc1Nc1ncc2cc(C(F)F)c(=O)n(C3CCCC34CC4)c2n1.